The zero-order chi connectivity index (χ0) is 15.1. The number of likely N-dealkylation sites (tertiary alicyclic amines) is 1. The van der Waals surface area contributed by atoms with E-state index in [9.17, 15) is 9.90 Å². The second kappa shape index (κ2) is 7.84. The van der Waals surface area contributed by atoms with Gasteiger partial charge in [-0.1, -0.05) is 18.2 Å². The Bertz CT molecular complexity index is 499. The number of para-hydroxylation sites is 1. The van der Waals surface area contributed by atoms with Gasteiger partial charge in [-0.2, -0.15) is 0 Å². The zero-order valence-electron chi connectivity index (χ0n) is 12.5. The predicted molar refractivity (Wildman–Crippen MR) is 83.1 cm³/mol. The molecule has 1 aliphatic rings. The van der Waals surface area contributed by atoms with Crippen LogP contribution in [0.15, 0.2) is 30.3 Å². The Labute approximate surface area is 126 Å². The van der Waals surface area contributed by atoms with Crippen molar-refractivity contribution in [3.8, 4) is 5.75 Å². The Kier molecular flexibility index (Phi) is 5.81. The number of amides is 1. The number of piperidine rings is 1. The topological polar surface area (TPSA) is 49.8 Å². The minimum atomic E-state index is -0.0435. The SMILES string of the molecule is CCOc1ccccc1/C=C/C(=O)N1CCCCC1CO. The quantitative estimate of drug-likeness (QED) is 0.847. The molecule has 1 N–H and O–H groups in total. The number of hydrogen-bond acceptors (Lipinski definition) is 3. The zero-order valence-corrected chi connectivity index (χ0v) is 12.5. The van der Waals surface area contributed by atoms with Crippen LogP contribution in [0.25, 0.3) is 6.08 Å². The lowest BCUT2D eigenvalue weighted by Crippen LogP contribution is -2.44. The molecule has 4 nitrogen and oxygen atoms in total. The summed E-state index contributed by atoms with van der Waals surface area (Å²) in [6.07, 6.45) is 6.32. The van der Waals surface area contributed by atoms with Gasteiger partial charge in [0.05, 0.1) is 19.3 Å². The van der Waals surface area contributed by atoms with Crippen molar-refractivity contribution in [2.24, 2.45) is 0 Å². The maximum absolute atomic E-state index is 12.3. The van der Waals surface area contributed by atoms with Gasteiger partial charge in [-0.3, -0.25) is 4.79 Å². The number of carbonyl (C=O) groups is 1. The molecule has 2 rings (SSSR count). The lowest BCUT2D eigenvalue weighted by Gasteiger charge is -2.33. The Morgan fingerprint density at radius 2 is 2.24 bits per heavy atom. The lowest BCUT2D eigenvalue weighted by atomic mass is 10.0. The van der Waals surface area contributed by atoms with Crippen molar-refractivity contribution in [3.63, 3.8) is 0 Å². The van der Waals surface area contributed by atoms with Crippen LogP contribution in [-0.4, -0.2) is 41.7 Å². The molecule has 1 unspecified atom stereocenters. The van der Waals surface area contributed by atoms with Crippen LogP contribution >= 0.6 is 0 Å². The second-order valence-corrected chi connectivity index (χ2v) is 5.17. The third-order valence-electron chi connectivity index (χ3n) is 3.75. The first kappa shape index (κ1) is 15.6. The summed E-state index contributed by atoms with van der Waals surface area (Å²) in [5.74, 6) is 0.737. The van der Waals surface area contributed by atoms with Gasteiger partial charge in [-0.25, -0.2) is 0 Å². The van der Waals surface area contributed by atoms with Crippen molar-refractivity contribution in [1.82, 2.24) is 4.90 Å². The van der Waals surface area contributed by atoms with Crippen LogP contribution in [0, 0.1) is 0 Å². The molecular weight excluding hydrogens is 266 g/mol. The molecule has 114 valence electrons. The van der Waals surface area contributed by atoms with Crippen molar-refractivity contribution in [2.75, 3.05) is 19.8 Å². The fourth-order valence-corrected chi connectivity index (χ4v) is 2.64. The van der Waals surface area contributed by atoms with Crippen LogP contribution in [0.3, 0.4) is 0 Å². The summed E-state index contributed by atoms with van der Waals surface area (Å²) in [5.41, 5.74) is 0.894. The minimum Gasteiger partial charge on any atom is -0.493 e. The molecule has 0 spiro atoms. The van der Waals surface area contributed by atoms with Crippen LogP contribution in [0.1, 0.15) is 31.7 Å². The smallest absolute Gasteiger partial charge is 0.246 e. The summed E-state index contributed by atoms with van der Waals surface area (Å²) in [6, 6.07) is 7.61. The maximum atomic E-state index is 12.3. The van der Waals surface area contributed by atoms with Crippen LogP contribution < -0.4 is 4.74 Å². The summed E-state index contributed by atoms with van der Waals surface area (Å²) in [6.45, 7) is 3.29. The van der Waals surface area contributed by atoms with Gasteiger partial charge in [0.2, 0.25) is 5.91 Å². The van der Waals surface area contributed by atoms with Gasteiger partial charge in [0.15, 0.2) is 0 Å². The van der Waals surface area contributed by atoms with Gasteiger partial charge >= 0.3 is 0 Å². The molecule has 1 amide bonds. The van der Waals surface area contributed by atoms with E-state index >= 15 is 0 Å². The summed E-state index contributed by atoms with van der Waals surface area (Å²) in [7, 11) is 0. The van der Waals surface area contributed by atoms with Crippen LogP contribution in [0.5, 0.6) is 5.75 Å². The number of aliphatic hydroxyl groups excluding tert-OH is 1. The van der Waals surface area contributed by atoms with E-state index in [2.05, 4.69) is 0 Å². The largest absolute Gasteiger partial charge is 0.493 e. The van der Waals surface area contributed by atoms with E-state index in [1.54, 1.807) is 17.1 Å². The average Bonchev–Trinajstić information content (AvgIpc) is 2.54. The molecule has 0 aliphatic carbocycles. The number of benzene rings is 1. The van der Waals surface area contributed by atoms with E-state index in [0.29, 0.717) is 6.61 Å². The fourth-order valence-electron chi connectivity index (χ4n) is 2.64. The highest BCUT2D eigenvalue weighted by molar-refractivity contribution is 5.92. The molecular formula is C17H23NO3. The first-order chi connectivity index (χ1) is 10.3. The Morgan fingerprint density at radius 3 is 3.00 bits per heavy atom. The Morgan fingerprint density at radius 1 is 1.43 bits per heavy atom. The number of aliphatic hydroxyl groups is 1. The van der Waals surface area contributed by atoms with Crippen LogP contribution in [-0.2, 0) is 4.79 Å². The first-order valence-corrected chi connectivity index (χ1v) is 7.57. The number of carbonyl (C=O) groups excluding carboxylic acids is 1. The molecule has 0 saturated carbocycles. The van der Waals surface area contributed by atoms with E-state index in [1.807, 2.05) is 31.2 Å². The third kappa shape index (κ3) is 4.08. The van der Waals surface area contributed by atoms with Crippen molar-refractivity contribution in [1.29, 1.82) is 0 Å². The number of nitrogens with zero attached hydrogens (tertiary/aromatic N) is 1. The molecule has 1 heterocycles. The third-order valence-corrected chi connectivity index (χ3v) is 3.75. The van der Waals surface area contributed by atoms with E-state index < -0.39 is 0 Å². The van der Waals surface area contributed by atoms with Crippen LogP contribution in [0.2, 0.25) is 0 Å². The van der Waals surface area contributed by atoms with Gasteiger partial charge in [-0.05, 0) is 38.3 Å². The molecule has 1 atom stereocenters. The Hall–Kier alpha value is -1.81. The first-order valence-electron chi connectivity index (χ1n) is 7.57. The number of rotatable bonds is 5. The normalized spacial score (nSPS) is 19.0. The molecule has 0 bridgehead atoms. The molecule has 1 saturated heterocycles. The summed E-state index contributed by atoms with van der Waals surface area (Å²) >= 11 is 0. The molecule has 1 aromatic carbocycles. The van der Waals surface area contributed by atoms with Gasteiger partial charge in [0, 0.05) is 18.2 Å². The van der Waals surface area contributed by atoms with Gasteiger partial charge in [0.25, 0.3) is 0 Å². The number of hydrogen-bond donors (Lipinski definition) is 1. The second-order valence-electron chi connectivity index (χ2n) is 5.17. The molecule has 21 heavy (non-hydrogen) atoms. The standard InChI is InChI=1S/C17H23NO3/c1-2-21-16-9-4-3-7-14(16)10-11-17(20)18-12-6-5-8-15(18)13-19/h3-4,7,9-11,15,19H,2,5-6,8,12-13H2,1H3/b11-10+. The molecule has 0 aromatic heterocycles. The minimum absolute atomic E-state index is 0.0368. The van der Waals surface area contributed by atoms with Crippen molar-refractivity contribution >= 4 is 12.0 Å². The monoisotopic (exact) mass is 289 g/mol. The summed E-state index contributed by atoms with van der Waals surface area (Å²) in [4.78, 5) is 14.1. The molecule has 1 aliphatic heterocycles. The van der Waals surface area contributed by atoms with Gasteiger partial charge in [-0.15, -0.1) is 0 Å². The molecule has 1 aromatic rings. The van der Waals surface area contributed by atoms with E-state index in [-0.39, 0.29) is 18.6 Å². The van der Waals surface area contributed by atoms with Crippen molar-refractivity contribution < 1.29 is 14.6 Å². The summed E-state index contributed by atoms with van der Waals surface area (Å²) in [5, 5.41) is 9.37. The van der Waals surface area contributed by atoms with E-state index in [4.69, 9.17) is 4.74 Å². The van der Waals surface area contributed by atoms with E-state index in [0.717, 1.165) is 37.1 Å². The van der Waals surface area contributed by atoms with Crippen molar-refractivity contribution in [3.05, 3.63) is 35.9 Å². The molecule has 4 heteroatoms. The van der Waals surface area contributed by atoms with Crippen LogP contribution in [0.4, 0.5) is 0 Å². The Balaban J connectivity index is 2.07. The van der Waals surface area contributed by atoms with E-state index in [1.165, 1.54) is 0 Å². The maximum Gasteiger partial charge on any atom is 0.246 e. The number of ether oxygens (including phenoxy) is 1. The lowest BCUT2D eigenvalue weighted by molar-refractivity contribution is -0.130. The average molecular weight is 289 g/mol. The highest BCUT2D eigenvalue weighted by Crippen LogP contribution is 2.21. The van der Waals surface area contributed by atoms with Gasteiger partial charge in [0.1, 0.15) is 5.75 Å². The predicted octanol–water partition coefficient (Wildman–Crippen LogP) is 2.47. The fraction of sp³-hybridized carbons (Fsp3) is 0.471. The van der Waals surface area contributed by atoms with Crippen molar-refractivity contribution in [2.45, 2.75) is 32.2 Å². The molecule has 1 fully saturated rings. The van der Waals surface area contributed by atoms with Gasteiger partial charge < -0.3 is 14.7 Å². The highest BCUT2D eigenvalue weighted by Gasteiger charge is 2.24. The molecule has 0 radical (unpaired) electrons. The summed E-state index contributed by atoms with van der Waals surface area (Å²) < 4.78 is 5.54. The highest BCUT2D eigenvalue weighted by atomic mass is 16.5.